The molecular formula is C16H26N2OS. The minimum absolute atomic E-state index is 0.101. The van der Waals surface area contributed by atoms with Crippen molar-refractivity contribution in [2.75, 3.05) is 0 Å². The number of thiophene rings is 1. The molecule has 0 spiro atoms. The van der Waals surface area contributed by atoms with Crippen LogP contribution in [0.2, 0.25) is 0 Å². The maximum absolute atomic E-state index is 12.1. The van der Waals surface area contributed by atoms with E-state index in [1.54, 1.807) is 11.3 Å². The highest BCUT2D eigenvalue weighted by molar-refractivity contribution is 7.09. The fourth-order valence-electron chi connectivity index (χ4n) is 2.95. The Morgan fingerprint density at radius 1 is 1.45 bits per heavy atom. The van der Waals surface area contributed by atoms with Gasteiger partial charge in [0.05, 0.1) is 12.6 Å². The van der Waals surface area contributed by atoms with Crippen LogP contribution in [0.1, 0.15) is 44.9 Å². The van der Waals surface area contributed by atoms with Gasteiger partial charge in [-0.25, -0.2) is 0 Å². The average Bonchev–Trinajstić information content (AvgIpc) is 2.94. The van der Waals surface area contributed by atoms with Crippen molar-refractivity contribution in [2.45, 2.75) is 58.7 Å². The summed E-state index contributed by atoms with van der Waals surface area (Å²) in [5.74, 6) is 1.50. The highest BCUT2D eigenvalue weighted by Crippen LogP contribution is 2.29. The standard InChI is InChI=1S/C16H26N2OS/c1-11-6-4-8-15(12(11)2)18-13(3)16(19)17-10-14-7-5-9-20-14/h5,7,9,11-13,15,18H,4,6,8,10H2,1-3H3,(H,17,19). The van der Waals surface area contributed by atoms with Gasteiger partial charge in [-0.2, -0.15) is 0 Å². The summed E-state index contributed by atoms with van der Waals surface area (Å²) in [6.07, 6.45) is 3.78. The molecule has 2 rings (SSSR count). The molecule has 1 aliphatic carbocycles. The third kappa shape index (κ3) is 4.06. The maximum Gasteiger partial charge on any atom is 0.237 e. The summed E-state index contributed by atoms with van der Waals surface area (Å²) in [6, 6.07) is 4.42. The van der Waals surface area contributed by atoms with Crippen molar-refractivity contribution in [3.05, 3.63) is 22.4 Å². The largest absolute Gasteiger partial charge is 0.350 e. The summed E-state index contributed by atoms with van der Waals surface area (Å²) < 4.78 is 0. The lowest BCUT2D eigenvalue weighted by Gasteiger charge is -2.36. The topological polar surface area (TPSA) is 41.1 Å². The van der Waals surface area contributed by atoms with Gasteiger partial charge < -0.3 is 10.6 Å². The summed E-state index contributed by atoms with van der Waals surface area (Å²) in [5, 5.41) is 8.57. The third-order valence-electron chi connectivity index (χ3n) is 4.58. The van der Waals surface area contributed by atoms with Crippen LogP contribution in [0.15, 0.2) is 17.5 Å². The van der Waals surface area contributed by atoms with Gasteiger partial charge in [0, 0.05) is 10.9 Å². The molecule has 4 heteroatoms. The first-order chi connectivity index (χ1) is 9.58. The van der Waals surface area contributed by atoms with Gasteiger partial charge in [0.25, 0.3) is 0 Å². The average molecular weight is 294 g/mol. The number of rotatable bonds is 5. The van der Waals surface area contributed by atoms with Crippen LogP contribution in [0.4, 0.5) is 0 Å². The van der Waals surface area contributed by atoms with Crippen LogP contribution in [-0.4, -0.2) is 18.0 Å². The lowest BCUT2D eigenvalue weighted by atomic mass is 9.78. The van der Waals surface area contributed by atoms with Crippen LogP contribution in [0.3, 0.4) is 0 Å². The van der Waals surface area contributed by atoms with Gasteiger partial charge in [0.2, 0.25) is 5.91 Å². The molecule has 0 bridgehead atoms. The van der Waals surface area contributed by atoms with E-state index in [4.69, 9.17) is 0 Å². The predicted octanol–water partition coefficient (Wildman–Crippen LogP) is 3.17. The number of carbonyl (C=O) groups excluding carboxylic acids is 1. The second kappa shape index (κ2) is 7.23. The molecule has 0 saturated heterocycles. The van der Waals surface area contributed by atoms with Crippen LogP contribution in [0.5, 0.6) is 0 Å². The van der Waals surface area contributed by atoms with Gasteiger partial charge in [-0.3, -0.25) is 4.79 Å². The van der Waals surface area contributed by atoms with E-state index in [0.717, 1.165) is 5.92 Å². The molecule has 1 amide bonds. The zero-order valence-corrected chi connectivity index (χ0v) is 13.5. The Hall–Kier alpha value is -0.870. The molecule has 0 radical (unpaired) electrons. The van der Waals surface area contributed by atoms with E-state index < -0.39 is 0 Å². The van der Waals surface area contributed by atoms with Crippen LogP contribution in [0.25, 0.3) is 0 Å². The Bertz CT molecular complexity index is 418. The molecule has 1 aliphatic rings. The molecule has 1 heterocycles. The van der Waals surface area contributed by atoms with Gasteiger partial charge in [0.15, 0.2) is 0 Å². The van der Waals surface area contributed by atoms with Crippen molar-refractivity contribution in [1.82, 2.24) is 10.6 Å². The zero-order chi connectivity index (χ0) is 14.5. The number of nitrogens with one attached hydrogen (secondary N) is 2. The zero-order valence-electron chi connectivity index (χ0n) is 12.7. The van der Waals surface area contributed by atoms with E-state index in [9.17, 15) is 4.79 Å². The van der Waals surface area contributed by atoms with E-state index in [1.807, 2.05) is 24.4 Å². The lowest BCUT2D eigenvalue weighted by Crippen LogP contribution is -2.50. The normalized spacial score (nSPS) is 28.1. The molecule has 1 aromatic rings. The van der Waals surface area contributed by atoms with Gasteiger partial charge >= 0.3 is 0 Å². The molecule has 2 N–H and O–H groups in total. The third-order valence-corrected chi connectivity index (χ3v) is 5.46. The SMILES string of the molecule is CC(NC1CCCC(C)C1C)C(=O)NCc1cccs1. The molecule has 112 valence electrons. The summed E-state index contributed by atoms with van der Waals surface area (Å²) in [7, 11) is 0. The van der Waals surface area contributed by atoms with Crippen molar-refractivity contribution < 1.29 is 4.79 Å². The summed E-state index contributed by atoms with van der Waals surface area (Å²) >= 11 is 1.68. The van der Waals surface area contributed by atoms with Crippen LogP contribution in [0, 0.1) is 11.8 Å². The molecule has 4 atom stereocenters. The number of carbonyl (C=O) groups is 1. The molecule has 1 aromatic heterocycles. The fraction of sp³-hybridized carbons (Fsp3) is 0.688. The molecule has 0 aliphatic heterocycles. The van der Waals surface area contributed by atoms with Gasteiger partial charge in [-0.05, 0) is 36.6 Å². The molecule has 0 aromatic carbocycles. The van der Waals surface area contributed by atoms with Gasteiger partial charge in [-0.15, -0.1) is 11.3 Å². The Kier molecular flexibility index (Phi) is 5.61. The summed E-state index contributed by atoms with van der Waals surface area (Å²) in [5.41, 5.74) is 0. The molecule has 4 unspecified atom stereocenters. The van der Waals surface area contributed by atoms with E-state index >= 15 is 0 Å². The van der Waals surface area contributed by atoms with Crippen molar-refractivity contribution in [3.63, 3.8) is 0 Å². The van der Waals surface area contributed by atoms with E-state index in [-0.39, 0.29) is 11.9 Å². The first kappa shape index (κ1) is 15.5. The van der Waals surface area contributed by atoms with Gasteiger partial charge in [-0.1, -0.05) is 32.8 Å². The maximum atomic E-state index is 12.1. The molecule has 20 heavy (non-hydrogen) atoms. The molecular weight excluding hydrogens is 268 g/mol. The van der Waals surface area contributed by atoms with E-state index in [2.05, 4.69) is 24.5 Å². The molecule has 3 nitrogen and oxygen atoms in total. The minimum Gasteiger partial charge on any atom is -0.350 e. The van der Waals surface area contributed by atoms with E-state index in [1.165, 1.54) is 24.1 Å². The highest BCUT2D eigenvalue weighted by atomic mass is 32.1. The summed E-state index contributed by atoms with van der Waals surface area (Å²) in [4.78, 5) is 13.3. The van der Waals surface area contributed by atoms with Crippen molar-refractivity contribution in [3.8, 4) is 0 Å². The first-order valence-electron chi connectivity index (χ1n) is 7.64. The smallest absolute Gasteiger partial charge is 0.237 e. The minimum atomic E-state index is -0.118. The van der Waals surface area contributed by atoms with Crippen molar-refractivity contribution >= 4 is 17.2 Å². The monoisotopic (exact) mass is 294 g/mol. The van der Waals surface area contributed by atoms with Gasteiger partial charge in [0.1, 0.15) is 0 Å². The Labute approximate surface area is 126 Å². The Morgan fingerprint density at radius 2 is 2.25 bits per heavy atom. The quantitative estimate of drug-likeness (QED) is 0.876. The van der Waals surface area contributed by atoms with Crippen LogP contribution >= 0.6 is 11.3 Å². The summed E-state index contributed by atoms with van der Waals surface area (Å²) in [6.45, 7) is 7.23. The Morgan fingerprint density at radius 3 is 2.95 bits per heavy atom. The van der Waals surface area contributed by atoms with E-state index in [0.29, 0.717) is 18.5 Å². The number of hydrogen-bond acceptors (Lipinski definition) is 3. The second-order valence-corrected chi connectivity index (χ2v) is 7.09. The molecule has 1 fully saturated rings. The molecule has 1 saturated carbocycles. The fourth-order valence-corrected chi connectivity index (χ4v) is 3.60. The number of hydrogen-bond donors (Lipinski definition) is 2. The van der Waals surface area contributed by atoms with Crippen LogP contribution in [-0.2, 0) is 11.3 Å². The van der Waals surface area contributed by atoms with Crippen molar-refractivity contribution in [2.24, 2.45) is 11.8 Å². The van der Waals surface area contributed by atoms with Crippen LogP contribution < -0.4 is 10.6 Å². The van der Waals surface area contributed by atoms with Crippen molar-refractivity contribution in [1.29, 1.82) is 0 Å². The second-order valence-electron chi connectivity index (χ2n) is 6.06. The lowest BCUT2D eigenvalue weighted by molar-refractivity contribution is -0.123. The predicted molar refractivity (Wildman–Crippen MR) is 84.7 cm³/mol. The number of amides is 1. The Balaban J connectivity index is 1.78. The first-order valence-corrected chi connectivity index (χ1v) is 8.52. The highest BCUT2D eigenvalue weighted by Gasteiger charge is 2.29.